The van der Waals surface area contributed by atoms with Crippen molar-refractivity contribution >= 4 is 5.97 Å². The summed E-state index contributed by atoms with van der Waals surface area (Å²) in [6, 6.07) is 6.84. The molecule has 5 heteroatoms. The van der Waals surface area contributed by atoms with Crippen molar-refractivity contribution in [2.45, 2.75) is 46.3 Å². The molecule has 1 aromatic rings. The second kappa shape index (κ2) is 6.98. The minimum atomic E-state index is -0.767. The van der Waals surface area contributed by atoms with Crippen LogP contribution in [0.5, 0.6) is 11.5 Å². The molecule has 0 aliphatic heterocycles. The molecule has 0 N–H and O–H groups in total. The lowest BCUT2D eigenvalue weighted by Crippen LogP contribution is -2.33. The first kappa shape index (κ1) is 16.8. The maximum Gasteiger partial charge on any atom is 0.347 e. The smallest absolute Gasteiger partial charge is 0.347 e. The molecule has 0 spiro atoms. The first-order chi connectivity index (χ1) is 9.76. The predicted octanol–water partition coefficient (Wildman–Crippen LogP) is 3.07. The van der Waals surface area contributed by atoms with Crippen LogP contribution < -0.4 is 9.47 Å². The third kappa shape index (κ3) is 5.35. The van der Waals surface area contributed by atoms with E-state index in [1.165, 1.54) is 0 Å². The van der Waals surface area contributed by atoms with E-state index in [4.69, 9.17) is 19.5 Å². The molecule has 1 atom stereocenters. The summed E-state index contributed by atoms with van der Waals surface area (Å²) in [5, 5.41) is 8.90. The number of ether oxygens (including phenoxy) is 3. The quantitative estimate of drug-likeness (QED) is 0.780. The second-order valence-electron chi connectivity index (χ2n) is 5.50. The summed E-state index contributed by atoms with van der Waals surface area (Å²) >= 11 is 0. The number of nitriles is 1. The molecule has 0 fully saturated rings. The Morgan fingerprint density at radius 2 is 2.00 bits per heavy atom. The average Bonchev–Trinajstić information content (AvgIpc) is 2.39. The molecule has 0 radical (unpaired) electrons. The van der Waals surface area contributed by atoms with Gasteiger partial charge in [-0.3, -0.25) is 0 Å². The van der Waals surface area contributed by atoms with Gasteiger partial charge in [-0.05, 0) is 46.8 Å². The van der Waals surface area contributed by atoms with Crippen LogP contribution in [0.3, 0.4) is 0 Å². The fourth-order valence-electron chi connectivity index (χ4n) is 1.57. The molecule has 5 nitrogen and oxygen atoms in total. The van der Waals surface area contributed by atoms with Gasteiger partial charge in [-0.15, -0.1) is 0 Å². The fourth-order valence-corrected chi connectivity index (χ4v) is 1.57. The lowest BCUT2D eigenvalue weighted by molar-refractivity contribution is -0.162. The van der Waals surface area contributed by atoms with E-state index in [0.29, 0.717) is 23.7 Å². The number of carbonyl (C=O) groups excluding carboxylic acids is 1. The molecule has 1 unspecified atom stereocenters. The van der Waals surface area contributed by atoms with Crippen molar-refractivity contribution in [2.75, 3.05) is 6.61 Å². The van der Waals surface area contributed by atoms with E-state index in [9.17, 15) is 4.79 Å². The molecule has 1 rings (SSSR count). The van der Waals surface area contributed by atoms with E-state index in [2.05, 4.69) is 0 Å². The van der Waals surface area contributed by atoms with Gasteiger partial charge in [-0.2, -0.15) is 5.26 Å². The molecule has 1 aromatic carbocycles. The summed E-state index contributed by atoms with van der Waals surface area (Å²) in [6.07, 6.45) is -0.767. The number of nitrogens with zero attached hydrogens (tertiary/aromatic N) is 1. The Kier molecular flexibility index (Phi) is 5.60. The van der Waals surface area contributed by atoms with Gasteiger partial charge in [0.05, 0.1) is 18.2 Å². The van der Waals surface area contributed by atoms with E-state index in [1.807, 2.05) is 13.0 Å². The lowest BCUT2D eigenvalue weighted by atomic mass is 10.2. The topological polar surface area (TPSA) is 68.5 Å². The van der Waals surface area contributed by atoms with Gasteiger partial charge in [0, 0.05) is 6.07 Å². The zero-order valence-corrected chi connectivity index (χ0v) is 13.1. The number of esters is 1. The first-order valence-corrected chi connectivity index (χ1v) is 6.83. The van der Waals surface area contributed by atoms with Crippen molar-refractivity contribution < 1.29 is 19.0 Å². The Morgan fingerprint density at radius 3 is 2.52 bits per heavy atom. The summed E-state index contributed by atoms with van der Waals surface area (Å²) in [4.78, 5) is 11.9. The van der Waals surface area contributed by atoms with Crippen LogP contribution in [0, 0.1) is 11.3 Å². The summed E-state index contributed by atoms with van der Waals surface area (Å²) < 4.78 is 16.3. The Morgan fingerprint density at radius 1 is 1.33 bits per heavy atom. The van der Waals surface area contributed by atoms with Gasteiger partial charge < -0.3 is 14.2 Å². The van der Waals surface area contributed by atoms with Crippen LogP contribution in [0.15, 0.2) is 18.2 Å². The molecule has 0 aromatic heterocycles. The normalized spacial score (nSPS) is 12.2. The van der Waals surface area contributed by atoms with Crippen LogP contribution in [-0.2, 0) is 9.53 Å². The number of rotatable bonds is 5. The molecular formula is C16H21NO4. The average molecular weight is 291 g/mol. The Balaban J connectivity index is 2.87. The Bertz CT molecular complexity index is 540. The van der Waals surface area contributed by atoms with Crippen molar-refractivity contribution in [1.29, 1.82) is 5.26 Å². The molecule has 0 heterocycles. The van der Waals surface area contributed by atoms with Gasteiger partial charge in [-0.1, -0.05) is 0 Å². The first-order valence-electron chi connectivity index (χ1n) is 6.83. The number of hydrogen-bond donors (Lipinski definition) is 0. The van der Waals surface area contributed by atoms with Crippen LogP contribution in [0.25, 0.3) is 0 Å². The second-order valence-corrected chi connectivity index (χ2v) is 5.50. The van der Waals surface area contributed by atoms with E-state index in [-0.39, 0.29) is 0 Å². The molecule has 0 saturated carbocycles. The third-order valence-electron chi connectivity index (χ3n) is 2.42. The van der Waals surface area contributed by atoms with Crippen molar-refractivity contribution in [1.82, 2.24) is 0 Å². The lowest BCUT2D eigenvalue weighted by Gasteiger charge is -2.23. The summed E-state index contributed by atoms with van der Waals surface area (Å²) in [5.74, 6) is 0.399. The standard InChI is InChI=1S/C16H21NO4/c1-6-19-14-9-12(10-17)7-8-13(14)20-11(2)15(18)21-16(3,4)5/h7-9,11H,6H2,1-5H3. The van der Waals surface area contributed by atoms with Crippen molar-refractivity contribution in [3.05, 3.63) is 23.8 Å². The van der Waals surface area contributed by atoms with Crippen LogP contribution in [-0.4, -0.2) is 24.3 Å². The largest absolute Gasteiger partial charge is 0.490 e. The molecule has 0 saturated heterocycles. The van der Waals surface area contributed by atoms with Gasteiger partial charge in [-0.25, -0.2) is 4.79 Å². The summed E-state index contributed by atoms with van der Waals surface area (Å²) in [5.41, 5.74) is -0.0991. The molecule has 21 heavy (non-hydrogen) atoms. The summed E-state index contributed by atoms with van der Waals surface area (Å²) in [6.45, 7) is 9.27. The molecule has 0 amide bonds. The zero-order chi connectivity index (χ0) is 16.0. The SMILES string of the molecule is CCOc1cc(C#N)ccc1OC(C)C(=O)OC(C)(C)C. The van der Waals surface area contributed by atoms with Gasteiger partial charge in [0.2, 0.25) is 0 Å². The van der Waals surface area contributed by atoms with Gasteiger partial charge in [0.15, 0.2) is 17.6 Å². The maximum absolute atomic E-state index is 11.9. The number of benzene rings is 1. The highest BCUT2D eigenvalue weighted by atomic mass is 16.6. The monoisotopic (exact) mass is 291 g/mol. The Labute approximate surface area is 125 Å². The fraction of sp³-hybridized carbons (Fsp3) is 0.500. The maximum atomic E-state index is 11.9. The Hall–Kier alpha value is -2.22. The molecule has 0 bridgehead atoms. The predicted molar refractivity (Wildman–Crippen MR) is 78.3 cm³/mol. The van der Waals surface area contributed by atoms with E-state index in [0.717, 1.165) is 0 Å². The van der Waals surface area contributed by atoms with E-state index in [1.54, 1.807) is 45.9 Å². The minimum Gasteiger partial charge on any atom is -0.490 e. The molecule has 114 valence electrons. The van der Waals surface area contributed by atoms with Gasteiger partial charge in [0.25, 0.3) is 0 Å². The molecular weight excluding hydrogens is 270 g/mol. The third-order valence-corrected chi connectivity index (χ3v) is 2.42. The van der Waals surface area contributed by atoms with Gasteiger partial charge >= 0.3 is 5.97 Å². The summed E-state index contributed by atoms with van der Waals surface area (Å²) in [7, 11) is 0. The zero-order valence-electron chi connectivity index (χ0n) is 13.1. The highest BCUT2D eigenvalue weighted by Gasteiger charge is 2.24. The van der Waals surface area contributed by atoms with Crippen molar-refractivity contribution in [3.8, 4) is 17.6 Å². The number of hydrogen-bond acceptors (Lipinski definition) is 5. The van der Waals surface area contributed by atoms with Crippen LogP contribution >= 0.6 is 0 Å². The number of carbonyl (C=O) groups is 1. The highest BCUT2D eigenvalue weighted by Crippen LogP contribution is 2.29. The van der Waals surface area contributed by atoms with Crippen molar-refractivity contribution in [2.24, 2.45) is 0 Å². The minimum absolute atomic E-state index is 0.411. The highest BCUT2D eigenvalue weighted by molar-refractivity contribution is 5.75. The van der Waals surface area contributed by atoms with E-state index >= 15 is 0 Å². The van der Waals surface area contributed by atoms with Crippen LogP contribution in [0.1, 0.15) is 40.2 Å². The van der Waals surface area contributed by atoms with Crippen molar-refractivity contribution in [3.63, 3.8) is 0 Å². The van der Waals surface area contributed by atoms with E-state index < -0.39 is 17.7 Å². The van der Waals surface area contributed by atoms with Gasteiger partial charge in [0.1, 0.15) is 5.60 Å². The molecule has 0 aliphatic rings. The van der Waals surface area contributed by atoms with Crippen LogP contribution in [0.4, 0.5) is 0 Å². The van der Waals surface area contributed by atoms with Crippen LogP contribution in [0.2, 0.25) is 0 Å². The molecule has 0 aliphatic carbocycles.